The molecule has 0 fully saturated rings. The molecule has 0 heterocycles. The third-order valence-corrected chi connectivity index (χ3v) is 1.87. The molecule has 74 valence electrons. The molecule has 0 spiro atoms. The molecule has 0 saturated carbocycles. The molecule has 0 aliphatic carbocycles. The predicted octanol–water partition coefficient (Wildman–Crippen LogP) is 1.92. The molecular weight excluding hydrogens is 174 g/mol. The molecule has 0 radical (unpaired) electrons. The first kappa shape index (κ1) is 10.5. The van der Waals surface area contributed by atoms with E-state index >= 15 is 0 Å². The van der Waals surface area contributed by atoms with Crippen LogP contribution in [0.5, 0.6) is 0 Å². The Morgan fingerprint density at radius 2 is 2.07 bits per heavy atom. The second-order valence-corrected chi connectivity index (χ2v) is 3.03. The highest BCUT2D eigenvalue weighted by molar-refractivity contribution is 5.87. The molecule has 0 unspecified atom stereocenters. The van der Waals surface area contributed by atoms with E-state index < -0.39 is 0 Å². The van der Waals surface area contributed by atoms with E-state index in [0.717, 1.165) is 6.42 Å². The van der Waals surface area contributed by atoms with E-state index in [4.69, 9.17) is 0 Å². The van der Waals surface area contributed by atoms with Crippen LogP contribution in [0.2, 0.25) is 0 Å². The minimum absolute atomic E-state index is 0.0246. The summed E-state index contributed by atoms with van der Waals surface area (Å²) in [5, 5.41) is 2.81. The first-order valence-electron chi connectivity index (χ1n) is 4.77. The smallest absolute Gasteiger partial charge is 0.243 e. The maximum Gasteiger partial charge on any atom is 0.243 e. The quantitative estimate of drug-likeness (QED) is 0.720. The standard InChI is InChI=1S/C12H15NO/c1-2-6-12(14)13-10-9-11-7-4-3-5-8-11/h2-8H,9-10H2,1H3,(H,13,14). The Hall–Kier alpha value is -1.57. The molecule has 2 nitrogen and oxygen atoms in total. The fourth-order valence-electron chi connectivity index (χ4n) is 1.19. The molecule has 0 atom stereocenters. The first-order valence-corrected chi connectivity index (χ1v) is 4.77. The second kappa shape index (κ2) is 5.97. The van der Waals surface area contributed by atoms with Crippen molar-refractivity contribution in [3.63, 3.8) is 0 Å². The maximum absolute atomic E-state index is 11.0. The molecule has 14 heavy (non-hydrogen) atoms. The minimum Gasteiger partial charge on any atom is -0.352 e. The fourth-order valence-corrected chi connectivity index (χ4v) is 1.19. The largest absolute Gasteiger partial charge is 0.352 e. The molecular formula is C12H15NO. The van der Waals surface area contributed by atoms with Gasteiger partial charge in [0.1, 0.15) is 0 Å². The van der Waals surface area contributed by atoms with E-state index in [0.29, 0.717) is 6.54 Å². The molecule has 0 aliphatic heterocycles. The van der Waals surface area contributed by atoms with Gasteiger partial charge in [0.15, 0.2) is 0 Å². The predicted molar refractivity (Wildman–Crippen MR) is 58.0 cm³/mol. The number of benzene rings is 1. The van der Waals surface area contributed by atoms with Crippen LogP contribution in [0.15, 0.2) is 42.5 Å². The lowest BCUT2D eigenvalue weighted by Gasteiger charge is -2.01. The minimum atomic E-state index is -0.0246. The van der Waals surface area contributed by atoms with Crippen LogP contribution in [0.3, 0.4) is 0 Å². The van der Waals surface area contributed by atoms with E-state index in [-0.39, 0.29) is 5.91 Å². The van der Waals surface area contributed by atoms with Gasteiger partial charge in [-0.2, -0.15) is 0 Å². The van der Waals surface area contributed by atoms with Crippen molar-refractivity contribution < 1.29 is 4.79 Å². The van der Waals surface area contributed by atoms with Gasteiger partial charge < -0.3 is 5.32 Å². The highest BCUT2D eigenvalue weighted by Gasteiger charge is 1.94. The number of rotatable bonds is 4. The van der Waals surface area contributed by atoms with E-state index in [9.17, 15) is 4.79 Å². The summed E-state index contributed by atoms with van der Waals surface area (Å²) in [6.45, 7) is 2.52. The van der Waals surface area contributed by atoms with Crippen LogP contribution >= 0.6 is 0 Å². The van der Waals surface area contributed by atoms with Crippen molar-refractivity contribution >= 4 is 5.91 Å². The highest BCUT2D eigenvalue weighted by Crippen LogP contribution is 1.97. The Morgan fingerprint density at radius 3 is 2.71 bits per heavy atom. The van der Waals surface area contributed by atoms with Crippen molar-refractivity contribution in [2.24, 2.45) is 0 Å². The lowest BCUT2D eigenvalue weighted by molar-refractivity contribution is -0.116. The lowest BCUT2D eigenvalue weighted by Crippen LogP contribution is -2.23. The summed E-state index contributed by atoms with van der Waals surface area (Å²) < 4.78 is 0. The van der Waals surface area contributed by atoms with Crippen molar-refractivity contribution in [2.45, 2.75) is 13.3 Å². The monoisotopic (exact) mass is 189 g/mol. The maximum atomic E-state index is 11.0. The van der Waals surface area contributed by atoms with E-state index in [1.807, 2.05) is 25.1 Å². The molecule has 0 bridgehead atoms. The van der Waals surface area contributed by atoms with Gasteiger partial charge in [0, 0.05) is 6.54 Å². The Kier molecular flexibility index (Phi) is 4.48. The zero-order valence-electron chi connectivity index (χ0n) is 8.36. The fraction of sp³-hybridized carbons (Fsp3) is 0.250. The average Bonchev–Trinajstić information content (AvgIpc) is 2.20. The number of nitrogens with one attached hydrogen (secondary N) is 1. The SMILES string of the molecule is CC=CC(=O)NCCc1ccccc1. The van der Waals surface area contributed by atoms with E-state index in [1.54, 1.807) is 6.08 Å². The van der Waals surface area contributed by atoms with Gasteiger partial charge in [-0.25, -0.2) is 0 Å². The van der Waals surface area contributed by atoms with Gasteiger partial charge in [0.2, 0.25) is 5.91 Å². The summed E-state index contributed by atoms with van der Waals surface area (Å²) in [5.74, 6) is -0.0246. The first-order chi connectivity index (χ1) is 6.83. The molecule has 1 N–H and O–H groups in total. The third kappa shape index (κ3) is 3.90. The Morgan fingerprint density at radius 1 is 1.36 bits per heavy atom. The average molecular weight is 189 g/mol. The summed E-state index contributed by atoms with van der Waals surface area (Å²) in [7, 11) is 0. The topological polar surface area (TPSA) is 29.1 Å². The van der Waals surface area contributed by atoms with Crippen LogP contribution in [0.25, 0.3) is 0 Å². The Bertz CT molecular complexity index is 303. The summed E-state index contributed by atoms with van der Waals surface area (Å²) in [6.07, 6.45) is 4.15. The molecule has 1 aromatic carbocycles. The van der Waals surface area contributed by atoms with Gasteiger partial charge in [-0.15, -0.1) is 0 Å². The second-order valence-electron chi connectivity index (χ2n) is 3.03. The van der Waals surface area contributed by atoms with Gasteiger partial charge >= 0.3 is 0 Å². The summed E-state index contributed by atoms with van der Waals surface area (Å²) in [5.41, 5.74) is 1.24. The van der Waals surface area contributed by atoms with Crippen LogP contribution in [0, 0.1) is 0 Å². The molecule has 0 aliphatic rings. The normalized spacial score (nSPS) is 10.4. The van der Waals surface area contributed by atoms with Crippen LogP contribution in [-0.2, 0) is 11.2 Å². The summed E-state index contributed by atoms with van der Waals surface area (Å²) >= 11 is 0. The zero-order valence-corrected chi connectivity index (χ0v) is 8.36. The molecule has 1 amide bonds. The van der Waals surface area contributed by atoms with Gasteiger partial charge in [-0.1, -0.05) is 36.4 Å². The highest BCUT2D eigenvalue weighted by atomic mass is 16.1. The van der Waals surface area contributed by atoms with Crippen LogP contribution in [-0.4, -0.2) is 12.5 Å². The van der Waals surface area contributed by atoms with Crippen molar-refractivity contribution in [3.05, 3.63) is 48.0 Å². The van der Waals surface area contributed by atoms with Crippen molar-refractivity contribution in [2.75, 3.05) is 6.54 Å². The number of amides is 1. The molecule has 1 rings (SSSR count). The van der Waals surface area contributed by atoms with E-state index in [2.05, 4.69) is 17.4 Å². The van der Waals surface area contributed by atoms with E-state index in [1.165, 1.54) is 11.6 Å². The molecule has 0 aromatic heterocycles. The zero-order chi connectivity index (χ0) is 10.2. The van der Waals surface area contributed by atoms with Gasteiger partial charge in [0.05, 0.1) is 0 Å². The van der Waals surface area contributed by atoms with Gasteiger partial charge in [0.25, 0.3) is 0 Å². The van der Waals surface area contributed by atoms with Crippen LogP contribution in [0.4, 0.5) is 0 Å². The molecule has 0 saturated heterocycles. The van der Waals surface area contributed by atoms with Crippen molar-refractivity contribution in [1.82, 2.24) is 5.32 Å². The Labute approximate surface area is 84.6 Å². The molecule has 1 aromatic rings. The van der Waals surface area contributed by atoms with Gasteiger partial charge in [-0.3, -0.25) is 4.79 Å². The number of hydrogen-bond donors (Lipinski definition) is 1. The number of carbonyl (C=O) groups is 1. The Balaban J connectivity index is 2.25. The van der Waals surface area contributed by atoms with Crippen LogP contribution in [0.1, 0.15) is 12.5 Å². The molecule has 2 heteroatoms. The number of hydrogen-bond acceptors (Lipinski definition) is 1. The van der Waals surface area contributed by atoms with Crippen LogP contribution < -0.4 is 5.32 Å². The summed E-state index contributed by atoms with van der Waals surface area (Å²) in [4.78, 5) is 11.0. The number of carbonyl (C=O) groups excluding carboxylic acids is 1. The van der Waals surface area contributed by atoms with Crippen molar-refractivity contribution in [3.8, 4) is 0 Å². The third-order valence-electron chi connectivity index (χ3n) is 1.87. The van der Waals surface area contributed by atoms with Crippen molar-refractivity contribution in [1.29, 1.82) is 0 Å². The van der Waals surface area contributed by atoms with Gasteiger partial charge in [-0.05, 0) is 25.0 Å². The summed E-state index contributed by atoms with van der Waals surface area (Å²) in [6, 6.07) is 10.1. The lowest BCUT2D eigenvalue weighted by atomic mass is 10.1. The number of allylic oxidation sites excluding steroid dienone is 1.